The first-order valence-corrected chi connectivity index (χ1v) is 5.55. The summed E-state index contributed by atoms with van der Waals surface area (Å²) in [5.74, 6) is 0.0193. The minimum Gasteiger partial charge on any atom is -0.440 e. The van der Waals surface area contributed by atoms with Crippen molar-refractivity contribution in [1.82, 2.24) is 10.6 Å². The van der Waals surface area contributed by atoms with Crippen molar-refractivity contribution in [3.63, 3.8) is 0 Å². The van der Waals surface area contributed by atoms with E-state index in [2.05, 4.69) is 16.7 Å². The van der Waals surface area contributed by atoms with Gasteiger partial charge in [0, 0.05) is 13.1 Å². The molecule has 0 spiro atoms. The summed E-state index contributed by atoms with van der Waals surface area (Å²) in [6.07, 6.45) is 3.07. The van der Waals surface area contributed by atoms with Crippen molar-refractivity contribution in [3.05, 3.63) is 34.8 Å². The van der Waals surface area contributed by atoms with Gasteiger partial charge in [-0.15, -0.1) is 12.4 Å². The Morgan fingerprint density at radius 2 is 2.35 bits per heavy atom. The molecule has 17 heavy (non-hydrogen) atoms. The lowest BCUT2D eigenvalue weighted by atomic mass is 10.1. The van der Waals surface area contributed by atoms with Crippen LogP contribution in [0.2, 0.25) is 5.22 Å². The molecule has 2 N–H and O–H groups in total. The van der Waals surface area contributed by atoms with E-state index in [0.29, 0.717) is 6.54 Å². The monoisotopic (exact) mass is 276 g/mol. The maximum absolute atomic E-state index is 11.6. The maximum Gasteiger partial charge on any atom is 0.287 e. The normalized spacial score (nSPS) is 14.8. The number of hydrogen-bond donors (Lipinski definition) is 2. The first-order chi connectivity index (χ1) is 7.75. The molecule has 0 atom stereocenters. The van der Waals surface area contributed by atoms with Crippen LogP contribution in [0.3, 0.4) is 0 Å². The van der Waals surface area contributed by atoms with E-state index in [4.69, 9.17) is 16.0 Å². The molecule has 0 radical (unpaired) electrons. The van der Waals surface area contributed by atoms with E-state index in [-0.39, 0.29) is 29.3 Å². The molecule has 4 nitrogen and oxygen atoms in total. The molecule has 1 aliphatic rings. The van der Waals surface area contributed by atoms with Crippen LogP contribution in [0.5, 0.6) is 0 Å². The number of halogens is 2. The Balaban J connectivity index is 0.00000144. The molecular formula is C11H14Cl2N2O2. The van der Waals surface area contributed by atoms with Crippen LogP contribution in [0.15, 0.2) is 28.2 Å². The molecule has 94 valence electrons. The van der Waals surface area contributed by atoms with Crippen LogP contribution in [0.25, 0.3) is 0 Å². The first-order valence-electron chi connectivity index (χ1n) is 5.18. The quantitative estimate of drug-likeness (QED) is 0.831. The van der Waals surface area contributed by atoms with Crippen molar-refractivity contribution in [2.24, 2.45) is 0 Å². The average Bonchev–Trinajstić information content (AvgIpc) is 2.74. The summed E-state index contributed by atoms with van der Waals surface area (Å²) in [5.41, 5.74) is 1.24. The highest BCUT2D eigenvalue weighted by molar-refractivity contribution is 6.29. The number of hydrogen-bond acceptors (Lipinski definition) is 3. The third-order valence-corrected chi connectivity index (χ3v) is 2.63. The lowest BCUT2D eigenvalue weighted by Gasteiger charge is -2.13. The van der Waals surface area contributed by atoms with Crippen molar-refractivity contribution in [2.45, 2.75) is 6.42 Å². The molecule has 0 aromatic carbocycles. The van der Waals surface area contributed by atoms with Crippen LogP contribution < -0.4 is 10.6 Å². The Kier molecular flexibility index (Phi) is 5.55. The van der Waals surface area contributed by atoms with Crippen molar-refractivity contribution < 1.29 is 9.21 Å². The summed E-state index contributed by atoms with van der Waals surface area (Å²) in [6, 6.07) is 3.12. The molecule has 1 aromatic rings. The highest BCUT2D eigenvalue weighted by atomic mass is 35.5. The van der Waals surface area contributed by atoms with Gasteiger partial charge in [-0.05, 0) is 36.7 Å². The molecule has 0 aliphatic carbocycles. The first kappa shape index (κ1) is 14.1. The largest absolute Gasteiger partial charge is 0.440 e. The highest BCUT2D eigenvalue weighted by Crippen LogP contribution is 2.13. The lowest BCUT2D eigenvalue weighted by molar-refractivity contribution is 0.0929. The van der Waals surface area contributed by atoms with Gasteiger partial charge in [0.15, 0.2) is 11.0 Å². The molecule has 0 fully saturated rings. The maximum atomic E-state index is 11.6. The molecule has 1 amide bonds. The second-order valence-corrected chi connectivity index (χ2v) is 3.98. The molecular weight excluding hydrogens is 263 g/mol. The van der Waals surface area contributed by atoms with Gasteiger partial charge in [0.2, 0.25) is 0 Å². The van der Waals surface area contributed by atoms with E-state index in [1.807, 2.05) is 0 Å². The van der Waals surface area contributed by atoms with Crippen LogP contribution in [0, 0.1) is 0 Å². The summed E-state index contributed by atoms with van der Waals surface area (Å²) in [4.78, 5) is 11.6. The van der Waals surface area contributed by atoms with Crippen molar-refractivity contribution in [2.75, 3.05) is 19.6 Å². The third-order valence-electron chi connectivity index (χ3n) is 2.43. The van der Waals surface area contributed by atoms with E-state index < -0.39 is 0 Å². The minimum absolute atomic E-state index is 0. The van der Waals surface area contributed by atoms with Gasteiger partial charge in [-0.3, -0.25) is 4.79 Å². The second-order valence-electron chi connectivity index (χ2n) is 3.60. The zero-order valence-electron chi connectivity index (χ0n) is 9.16. The fourth-order valence-corrected chi connectivity index (χ4v) is 1.69. The molecule has 2 rings (SSSR count). The number of rotatable bonds is 3. The fourth-order valence-electron chi connectivity index (χ4n) is 1.55. The molecule has 0 saturated carbocycles. The highest BCUT2D eigenvalue weighted by Gasteiger charge is 2.11. The standard InChI is InChI=1S/C11H13ClN2O2.ClH/c12-10-2-1-9(16-10)11(15)14-7-8-3-5-13-6-4-8;/h1-3,13H,4-7H2,(H,14,15);1H. The number of amides is 1. The summed E-state index contributed by atoms with van der Waals surface area (Å²) >= 11 is 5.59. The fraction of sp³-hybridized carbons (Fsp3) is 0.364. The average molecular weight is 277 g/mol. The van der Waals surface area contributed by atoms with Gasteiger partial charge >= 0.3 is 0 Å². The zero-order valence-corrected chi connectivity index (χ0v) is 10.7. The molecule has 0 bridgehead atoms. The van der Waals surface area contributed by atoms with E-state index in [1.54, 1.807) is 12.1 Å². The Labute approximate surface area is 111 Å². The number of carbonyl (C=O) groups excluding carboxylic acids is 1. The number of carbonyl (C=O) groups is 1. The lowest BCUT2D eigenvalue weighted by Crippen LogP contribution is -2.29. The summed E-state index contributed by atoms with van der Waals surface area (Å²) in [6.45, 7) is 2.41. The van der Waals surface area contributed by atoms with Gasteiger partial charge in [0.25, 0.3) is 5.91 Å². The van der Waals surface area contributed by atoms with Crippen LogP contribution in [-0.4, -0.2) is 25.5 Å². The molecule has 2 heterocycles. The van der Waals surface area contributed by atoms with Crippen LogP contribution in [0.4, 0.5) is 0 Å². The predicted molar refractivity (Wildman–Crippen MR) is 68.9 cm³/mol. The zero-order chi connectivity index (χ0) is 11.4. The van der Waals surface area contributed by atoms with Crippen LogP contribution >= 0.6 is 24.0 Å². The predicted octanol–water partition coefficient (Wildman–Crippen LogP) is 2.00. The third kappa shape index (κ3) is 4.07. The van der Waals surface area contributed by atoms with Gasteiger partial charge in [-0.25, -0.2) is 0 Å². The molecule has 0 unspecified atom stereocenters. The SMILES string of the molecule is Cl.O=C(NCC1=CCNCC1)c1ccc(Cl)o1. The van der Waals surface area contributed by atoms with Gasteiger partial charge in [0.05, 0.1) is 0 Å². The topological polar surface area (TPSA) is 54.3 Å². The second kappa shape index (κ2) is 6.69. The Hall–Kier alpha value is -0.970. The summed E-state index contributed by atoms with van der Waals surface area (Å²) < 4.78 is 5.01. The van der Waals surface area contributed by atoms with Gasteiger partial charge in [-0.1, -0.05) is 11.6 Å². The van der Waals surface area contributed by atoms with Crippen molar-refractivity contribution >= 4 is 29.9 Å². The van der Waals surface area contributed by atoms with Crippen LogP contribution in [-0.2, 0) is 0 Å². The Morgan fingerprint density at radius 3 is 2.94 bits per heavy atom. The Bertz CT molecular complexity index is 415. The summed E-state index contributed by atoms with van der Waals surface area (Å²) in [5, 5.41) is 6.23. The molecule has 1 aliphatic heterocycles. The molecule has 0 saturated heterocycles. The van der Waals surface area contributed by atoms with Gasteiger partial charge < -0.3 is 15.1 Å². The minimum atomic E-state index is -0.230. The Morgan fingerprint density at radius 1 is 1.53 bits per heavy atom. The number of nitrogens with one attached hydrogen (secondary N) is 2. The van der Waals surface area contributed by atoms with Crippen LogP contribution in [0.1, 0.15) is 17.0 Å². The summed E-state index contributed by atoms with van der Waals surface area (Å²) in [7, 11) is 0. The smallest absolute Gasteiger partial charge is 0.287 e. The van der Waals surface area contributed by atoms with E-state index in [1.165, 1.54) is 5.57 Å². The van der Waals surface area contributed by atoms with E-state index in [0.717, 1.165) is 19.5 Å². The van der Waals surface area contributed by atoms with E-state index in [9.17, 15) is 4.79 Å². The molecule has 6 heteroatoms. The van der Waals surface area contributed by atoms with Crippen molar-refractivity contribution in [1.29, 1.82) is 0 Å². The molecule has 1 aromatic heterocycles. The van der Waals surface area contributed by atoms with Crippen molar-refractivity contribution in [3.8, 4) is 0 Å². The van der Waals surface area contributed by atoms with Gasteiger partial charge in [-0.2, -0.15) is 0 Å². The van der Waals surface area contributed by atoms with E-state index >= 15 is 0 Å². The number of furan rings is 1. The van der Waals surface area contributed by atoms with Gasteiger partial charge in [0.1, 0.15) is 0 Å².